The van der Waals surface area contributed by atoms with E-state index in [0.717, 1.165) is 32.6 Å². The quantitative estimate of drug-likeness (QED) is 0.892. The van der Waals surface area contributed by atoms with Crippen LogP contribution in [-0.4, -0.2) is 32.9 Å². The van der Waals surface area contributed by atoms with Crippen molar-refractivity contribution in [3.63, 3.8) is 0 Å². The summed E-state index contributed by atoms with van der Waals surface area (Å²) in [5.74, 6) is 0. The molecule has 0 amide bonds. The molecule has 2 rings (SSSR count). The maximum Gasteiger partial charge on any atom is 0.0897 e. The molecule has 96 valence electrons. The van der Waals surface area contributed by atoms with Crippen LogP contribution >= 0.6 is 12.4 Å². The van der Waals surface area contributed by atoms with Gasteiger partial charge in [0.05, 0.1) is 6.67 Å². The van der Waals surface area contributed by atoms with E-state index in [1.54, 1.807) is 0 Å². The molecule has 1 aromatic rings. The van der Waals surface area contributed by atoms with Gasteiger partial charge in [-0.2, -0.15) is 0 Å². The second-order valence-electron chi connectivity index (χ2n) is 4.20. The Balaban J connectivity index is 0.00000144. The van der Waals surface area contributed by atoms with Crippen LogP contribution < -0.4 is 10.2 Å². The molecule has 1 saturated heterocycles. The first kappa shape index (κ1) is 14.3. The van der Waals surface area contributed by atoms with Crippen LogP contribution in [0.15, 0.2) is 24.3 Å². The molecule has 1 N–H and O–H groups in total. The Hall–Kier alpha value is -0.800. The fraction of sp³-hybridized carbons (Fsp3) is 0.538. The van der Waals surface area contributed by atoms with Crippen LogP contribution in [0.2, 0.25) is 0 Å². The summed E-state index contributed by atoms with van der Waals surface area (Å²) in [6.45, 7) is 4.04. The lowest BCUT2D eigenvalue weighted by atomic mass is 10.1. The fourth-order valence-electron chi connectivity index (χ4n) is 2.07. The number of benzene rings is 1. The highest BCUT2D eigenvalue weighted by Crippen LogP contribution is 2.16. The van der Waals surface area contributed by atoms with Crippen molar-refractivity contribution in [3.05, 3.63) is 29.8 Å². The van der Waals surface area contributed by atoms with Gasteiger partial charge in [-0.15, -0.1) is 12.4 Å². The molecule has 0 radical (unpaired) electrons. The number of aryl methyl sites for hydroxylation is 1. The van der Waals surface area contributed by atoms with Crippen molar-refractivity contribution in [1.29, 1.82) is 0 Å². The number of nitrogens with one attached hydrogen (secondary N) is 1. The van der Waals surface area contributed by atoms with E-state index in [1.165, 1.54) is 11.3 Å². The summed E-state index contributed by atoms with van der Waals surface area (Å²) >= 11 is 0. The molecule has 1 fully saturated rings. The van der Waals surface area contributed by atoms with Gasteiger partial charge < -0.3 is 10.2 Å². The van der Waals surface area contributed by atoms with Gasteiger partial charge in [0.25, 0.3) is 0 Å². The van der Waals surface area contributed by atoms with Gasteiger partial charge in [-0.3, -0.25) is 4.39 Å². The van der Waals surface area contributed by atoms with Gasteiger partial charge in [-0.25, -0.2) is 0 Å². The number of nitrogens with zero attached hydrogens (tertiary/aromatic N) is 1. The normalized spacial score (nSPS) is 15.5. The number of alkyl halides is 1. The number of halogens is 2. The van der Waals surface area contributed by atoms with E-state index in [1.807, 2.05) is 0 Å². The topological polar surface area (TPSA) is 15.3 Å². The predicted molar refractivity (Wildman–Crippen MR) is 73.1 cm³/mol. The van der Waals surface area contributed by atoms with Crippen molar-refractivity contribution in [2.75, 3.05) is 37.8 Å². The molecule has 17 heavy (non-hydrogen) atoms. The molecule has 0 atom stereocenters. The van der Waals surface area contributed by atoms with Crippen molar-refractivity contribution in [2.24, 2.45) is 0 Å². The maximum atomic E-state index is 12.0. The summed E-state index contributed by atoms with van der Waals surface area (Å²) in [6, 6.07) is 8.54. The van der Waals surface area contributed by atoms with Gasteiger partial charge in [-0.05, 0) is 30.5 Å². The van der Waals surface area contributed by atoms with Crippen molar-refractivity contribution in [3.8, 4) is 0 Å². The molecule has 1 aliphatic heterocycles. The summed E-state index contributed by atoms with van der Waals surface area (Å²) in [5, 5.41) is 3.34. The van der Waals surface area contributed by atoms with Crippen molar-refractivity contribution < 1.29 is 4.39 Å². The van der Waals surface area contributed by atoms with E-state index in [4.69, 9.17) is 0 Å². The van der Waals surface area contributed by atoms with Gasteiger partial charge in [0.1, 0.15) is 0 Å². The average Bonchev–Trinajstić information content (AvgIpc) is 2.38. The maximum absolute atomic E-state index is 12.0. The minimum Gasteiger partial charge on any atom is -0.369 e. The number of piperazine rings is 1. The third kappa shape index (κ3) is 4.17. The molecule has 0 aromatic heterocycles. The Morgan fingerprint density at radius 2 is 1.76 bits per heavy atom. The smallest absolute Gasteiger partial charge is 0.0897 e. The largest absolute Gasteiger partial charge is 0.369 e. The average molecular weight is 259 g/mol. The van der Waals surface area contributed by atoms with Crippen LogP contribution in [0.1, 0.15) is 12.0 Å². The SMILES string of the molecule is Cl.FCCCc1ccc(N2CCNCC2)cc1. The van der Waals surface area contributed by atoms with Crippen LogP contribution in [0.3, 0.4) is 0 Å². The zero-order valence-electron chi connectivity index (χ0n) is 9.99. The molecule has 2 nitrogen and oxygen atoms in total. The molecule has 4 heteroatoms. The van der Waals surface area contributed by atoms with E-state index < -0.39 is 0 Å². The van der Waals surface area contributed by atoms with Crippen LogP contribution in [0.25, 0.3) is 0 Å². The Labute approximate surface area is 109 Å². The lowest BCUT2D eigenvalue weighted by Gasteiger charge is -2.29. The standard InChI is InChI=1S/C13H19FN2.ClH/c14-7-1-2-12-3-5-13(6-4-12)16-10-8-15-9-11-16;/h3-6,15H,1-2,7-11H2;1H. The molecule has 0 aliphatic carbocycles. The monoisotopic (exact) mass is 258 g/mol. The summed E-state index contributed by atoms with van der Waals surface area (Å²) < 4.78 is 12.0. The highest BCUT2D eigenvalue weighted by molar-refractivity contribution is 5.85. The second kappa shape index (κ2) is 7.51. The van der Waals surface area contributed by atoms with Gasteiger partial charge in [0, 0.05) is 31.9 Å². The van der Waals surface area contributed by atoms with Crippen molar-refractivity contribution in [2.45, 2.75) is 12.8 Å². The fourth-order valence-corrected chi connectivity index (χ4v) is 2.07. The van der Waals surface area contributed by atoms with E-state index in [2.05, 4.69) is 34.5 Å². The minimum absolute atomic E-state index is 0. The first-order valence-electron chi connectivity index (χ1n) is 6.01. The van der Waals surface area contributed by atoms with Gasteiger partial charge in [0.2, 0.25) is 0 Å². The van der Waals surface area contributed by atoms with E-state index >= 15 is 0 Å². The number of rotatable bonds is 4. The summed E-state index contributed by atoms with van der Waals surface area (Å²) in [5.41, 5.74) is 2.52. The van der Waals surface area contributed by atoms with E-state index in [9.17, 15) is 4.39 Å². The Bertz CT molecular complexity index is 310. The van der Waals surface area contributed by atoms with Crippen LogP contribution in [-0.2, 0) is 6.42 Å². The highest BCUT2D eigenvalue weighted by Gasteiger charge is 2.09. The third-order valence-electron chi connectivity index (χ3n) is 3.02. The molecular formula is C13H20ClFN2. The predicted octanol–water partition coefficient (Wildman–Crippen LogP) is 2.42. The first-order chi connectivity index (χ1) is 7.90. The number of hydrogen-bond acceptors (Lipinski definition) is 2. The molecule has 0 unspecified atom stereocenters. The zero-order valence-corrected chi connectivity index (χ0v) is 10.8. The third-order valence-corrected chi connectivity index (χ3v) is 3.02. The molecule has 1 heterocycles. The minimum atomic E-state index is -0.223. The Morgan fingerprint density at radius 3 is 2.35 bits per heavy atom. The summed E-state index contributed by atoms with van der Waals surface area (Å²) in [4.78, 5) is 2.38. The molecule has 1 aromatic carbocycles. The summed E-state index contributed by atoms with van der Waals surface area (Å²) in [7, 11) is 0. The van der Waals surface area contributed by atoms with Gasteiger partial charge >= 0.3 is 0 Å². The molecule has 0 spiro atoms. The van der Waals surface area contributed by atoms with Crippen LogP contribution in [0.4, 0.5) is 10.1 Å². The first-order valence-corrected chi connectivity index (χ1v) is 6.01. The Morgan fingerprint density at radius 1 is 1.12 bits per heavy atom. The lowest BCUT2D eigenvalue weighted by Crippen LogP contribution is -2.43. The van der Waals surface area contributed by atoms with Crippen molar-refractivity contribution >= 4 is 18.1 Å². The highest BCUT2D eigenvalue weighted by atomic mass is 35.5. The van der Waals surface area contributed by atoms with E-state index in [0.29, 0.717) is 6.42 Å². The van der Waals surface area contributed by atoms with Crippen LogP contribution in [0.5, 0.6) is 0 Å². The number of anilines is 1. The van der Waals surface area contributed by atoms with E-state index in [-0.39, 0.29) is 19.1 Å². The van der Waals surface area contributed by atoms with Gasteiger partial charge in [-0.1, -0.05) is 12.1 Å². The zero-order chi connectivity index (χ0) is 11.2. The molecule has 1 aliphatic rings. The Kier molecular flexibility index (Phi) is 6.30. The molecule has 0 saturated carbocycles. The molecule has 0 bridgehead atoms. The molecular weight excluding hydrogens is 239 g/mol. The lowest BCUT2D eigenvalue weighted by molar-refractivity contribution is 0.473. The summed E-state index contributed by atoms with van der Waals surface area (Å²) in [6.07, 6.45) is 1.48. The van der Waals surface area contributed by atoms with Crippen LogP contribution in [0, 0.1) is 0 Å². The van der Waals surface area contributed by atoms with Crippen molar-refractivity contribution in [1.82, 2.24) is 5.32 Å². The van der Waals surface area contributed by atoms with Gasteiger partial charge in [0.15, 0.2) is 0 Å². The number of hydrogen-bond donors (Lipinski definition) is 1. The second-order valence-corrected chi connectivity index (χ2v) is 4.20.